The van der Waals surface area contributed by atoms with E-state index in [2.05, 4.69) is 49.4 Å². The van der Waals surface area contributed by atoms with Crippen molar-refractivity contribution in [1.82, 2.24) is 0 Å². The number of nitrogens with two attached hydrogens (primary N) is 1. The molecule has 0 saturated carbocycles. The lowest BCUT2D eigenvalue weighted by Crippen LogP contribution is -2.14. The third kappa shape index (κ3) is 3.10. The predicted molar refractivity (Wildman–Crippen MR) is 90.8 cm³/mol. The van der Waals surface area contributed by atoms with Crippen LogP contribution in [0.1, 0.15) is 22.7 Å². The first-order valence-corrected chi connectivity index (χ1v) is 7.50. The Morgan fingerprint density at radius 3 is 2.48 bits per heavy atom. The zero-order chi connectivity index (χ0) is 14.8. The van der Waals surface area contributed by atoms with Crippen LogP contribution in [-0.2, 0) is 6.42 Å². The fourth-order valence-electron chi connectivity index (χ4n) is 2.78. The van der Waals surface area contributed by atoms with Crippen LogP contribution in [0.3, 0.4) is 0 Å². The summed E-state index contributed by atoms with van der Waals surface area (Å²) >= 11 is 6.01. The highest BCUT2D eigenvalue weighted by Crippen LogP contribution is 2.24. The van der Waals surface area contributed by atoms with Crippen molar-refractivity contribution in [2.24, 2.45) is 5.73 Å². The molecule has 1 nitrogen and oxygen atoms in total. The van der Waals surface area contributed by atoms with Crippen LogP contribution in [0.5, 0.6) is 0 Å². The molecule has 0 radical (unpaired) electrons. The summed E-state index contributed by atoms with van der Waals surface area (Å²) in [5.74, 6) is 0. The van der Waals surface area contributed by atoms with Gasteiger partial charge in [-0.2, -0.15) is 0 Å². The molecule has 3 aromatic rings. The number of rotatable bonds is 3. The molecule has 21 heavy (non-hydrogen) atoms. The molecule has 2 N–H and O–H groups in total. The fourth-order valence-corrected chi connectivity index (χ4v) is 3.01. The first-order valence-electron chi connectivity index (χ1n) is 7.13. The van der Waals surface area contributed by atoms with Gasteiger partial charge in [0.1, 0.15) is 0 Å². The molecular formula is C19H18ClN. The molecule has 0 aliphatic rings. The lowest BCUT2D eigenvalue weighted by atomic mass is 9.95. The summed E-state index contributed by atoms with van der Waals surface area (Å²) in [7, 11) is 0. The van der Waals surface area contributed by atoms with Gasteiger partial charge in [-0.05, 0) is 52.9 Å². The molecule has 0 aliphatic heterocycles. The second-order valence-electron chi connectivity index (χ2n) is 5.49. The number of benzene rings is 3. The van der Waals surface area contributed by atoms with E-state index < -0.39 is 0 Å². The summed E-state index contributed by atoms with van der Waals surface area (Å²) in [4.78, 5) is 0. The highest BCUT2D eigenvalue weighted by molar-refractivity contribution is 6.30. The largest absolute Gasteiger partial charge is 0.324 e. The van der Waals surface area contributed by atoms with Crippen LogP contribution >= 0.6 is 11.6 Å². The van der Waals surface area contributed by atoms with Gasteiger partial charge in [-0.3, -0.25) is 0 Å². The number of hydrogen-bond donors (Lipinski definition) is 1. The topological polar surface area (TPSA) is 26.0 Å². The Balaban J connectivity index is 1.87. The molecule has 1 atom stereocenters. The maximum Gasteiger partial charge on any atom is 0.0408 e. The standard InChI is InChI=1S/C19H18ClN/c1-13-10-17(20)8-9-18(13)19(21)12-14-6-7-15-4-2-3-5-16(15)11-14/h2-11,19H,12,21H2,1H3. The molecule has 2 heteroatoms. The van der Waals surface area contributed by atoms with Gasteiger partial charge in [-0.1, -0.05) is 60.1 Å². The molecule has 0 spiro atoms. The molecule has 3 aromatic carbocycles. The van der Waals surface area contributed by atoms with Crippen LogP contribution in [0.25, 0.3) is 10.8 Å². The van der Waals surface area contributed by atoms with Crippen molar-refractivity contribution < 1.29 is 0 Å². The molecule has 0 amide bonds. The SMILES string of the molecule is Cc1cc(Cl)ccc1C(N)Cc1ccc2ccccc2c1. The Labute approximate surface area is 130 Å². The fraction of sp³-hybridized carbons (Fsp3) is 0.158. The van der Waals surface area contributed by atoms with E-state index in [1.807, 2.05) is 18.2 Å². The minimum Gasteiger partial charge on any atom is -0.324 e. The van der Waals surface area contributed by atoms with Crippen molar-refractivity contribution >= 4 is 22.4 Å². The zero-order valence-electron chi connectivity index (χ0n) is 12.0. The number of halogens is 1. The van der Waals surface area contributed by atoms with E-state index in [1.54, 1.807) is 0 Å². The highest BCUT2D eigenvalue weighted by atomic mass is 35.5. The molecule has 0 bridgehead atoms. The summed E-state index contributed by atoms with van der Waals surface area (Å²) in [5.41, 5.74) is 9.95. The van der Waals surface area contributed by atoms with Crippen molar-refractivity contribution in [2.75, 3.05) is 0 Å². The van der Waals surface area contributed by atoms with E-state index in [-0.39, 0.29) is 6.04 Å². The van der Waals surface area contributed by atoms with Crippen molar-refractivity contribution in [1.29, 1.82) is 0 Å². The van der Waals surface area contributed by atoms with Gasteiger partial charge >= 0.3 is 0 Å². The Bertz CT molecular complexity index is 779. The molecule has 0 fully saturated rings. The van der Waals surface area contributed by atoms with Crippen LogP contribution in [0, 0.1) is 6.92 Å². The maximum atomic E-state index is 6.38. The summed E-state index contributed by atoms with van der Waals surface area (Å²) in [6, 6.07) is 20.8. The molecule has 0 heterocycles. The van der Waals surface area contributed by atoms with Crippen LogP contribution < -0.4 is 5.73 Å². The van der Waals surface area contributed by atoms with Crippen molar-refractivity contribution in [3.63, 3.8) is 0 Å². The van der Waals surface area contributed by atoms with Gasteiger partial charge in [-0.15, -0.1) is 0 Å². The van der Waals surface area contributed by atoms with Crippen molar-refractivity contribution in [2.45, 2.75) is 19.4 Å². The van der Waals surface area contributed by atoms with E-state index in [0.29, 0.717) is 0 Å². The second-order valence-corrected chi connectivity index (χ2v) is 5.93. The average molecular weight is 296 g/mol. The minimum atomic E-state index is -0.0107. The summed E-state index contributed by atoms with van der Waals surface area (Å²) in [5, 5.41) is 3.28. The summed E-state index contributed by atoms with van der Waals surface area (Å²) in [6.07, 6.45) is 0.827. The Hall–Kier alpha value is -1.83. The predicted octanol–water partition coefficient (Wildman–Crippen LogP) is 5.04. The molecule has 0 aromatic heterocycles. The van der Waals surface area contributed by atoms with E-state index in [4.69, 9.17) is 17.3 Å². The van der Waals surface area contributed by atoms with E-state index in [0.717, 1.165) is 22.6 Å². The maximum absolute atomic E-state index is 6.38. The molecule has 106 valence electrons. The van der Waals surface area contributed by atoms with Gasteiger partial charge in [0.2, 0.25) is 0 Å². The second kappa shape index (κ2) is 5.88. The number of aryl methyl sites for hydroxylation is 1. The van der Waals surface area contributed by atoms with Gasteiger partial charge in [0.25, 0.3) is 0 Å². The molecular weight excluding hydrogens is 278 g/mol. The highest BCUT2D eigenvalue weighted by Gasteiger charge is 2.10. The van der Waals surface area contributed by atoms with Crippen LogP contribution in [0.4, 0.5) is 0 Å². The van der Waals surface area contributed by atoms with Crippen molar-refractivity contribution in [3.8, 4) is 0 Å². The summed E-state index contributed by atoms with van der Waals surface area (Å²) in [6.45, 7) is 2.06. The van der Waals surface area contributed by atoms with E-state index in [9.17, 15) is 0 Å². The van der Waals surface area contributed by atoms with Gasteiger partial charge in [0, 0.05) is 11.1 Å². The Morgan fingerprint density at radius 2 is 1.71 bits per heavy atom. The zero-order valence-corrected chi connectivity index (χ0v) is 12.8. The average Bonchev–Trinajstić information content (AvgIpc) is 2.47. The molecule has 0 saturated heterocycles. The quantitative estimate of drug-likeness (QED) is 0.719. The smallest absolute Gasteiger partial charge is 0.0408 e. The van der Waals surface area contributed by atoms with Crippen LogP contribution in [0.15, 0.2) is 60.7 Å². The molecule has 1 unspecified atom stereocenters. The first kappa shape index (κ1) is 14.1. The Kier molecular flexibility index (Phi) is 3.96. The lowest BCUT2D eigenvalue weighted by molar-refractivity contribution is 0.717. The Morgan fingerprint density at radius 1 is 0.952 bits per heavy atom. The van der Waals surface area contributed by atoms with Gasteiger partial charge < -0.3 is 5.73 Å². The normalized spacial score (nSPS) is 12.5. The van der Waals surface area contributed by atoms with E-state index in [1.165, 1.54) is 16.3 Å². The van der Waals surface area contributed by atoms with Crippen LogP contribution in [0.2, 0.25) is 5.02 Å². The first-order chi connectivity index (χ1) is 10.1. The third-order valence-electron chi connectivity index (χ3n) is 3.90. The van der Waals surface area contributed by atoms with Crippen LogP contribution in [-0.4, -0.2) is 0 Å². The van der Waals surface area contributed by atoms with Gasteiger partial charge in [0.05, 0.1) is 0 Å². The molecule has 3 rings (SSSR count). The lowest BCUT2D eigenvalue weighted by Gasteiger charge is -2.15. The number of hydrogen-bond acceptors (Lipinski definition) is 1. The monoisotopic (exact) mass is 295 g/mol. The number of fused-ring (bicyclic) bond motifs is 1. The van der Waals surface area contributed by atoms with E-state index >= 15 is 0 Å². The van der Waals surface area contributed by atoms with Gasteiger partial charge in [0.15, 0.2) is 0 Å². The molecule has 0 aliphatic carbocycles. The summed E-state index contributed by atoms with van der Waals surface area (Å²) < 4.78 is 0. The van der Waals surface area contributed by atoms with Gasteiger partial charge in [-0.25, -0.2) is 0 Å². The minimum absolute atomic E-state index is 0.0107. The third-order valence-corrected chi connectivity index (χ3v) is 4.14. The van der Waals surface area contributed by atoms with Crippen molar-refractivity contribution in [3.05, 3.63) is 82.4 Å².